The molecule has 0 aromatic carbocycles. The molecule has 1 aliphatic rings. The highest BCUT2D eigenvalue weighted by Gasteiger charge is 2.39. The number of hydrogen-bond donors (Lipinski definition) is 1. The molecule has 2 heterocycles. The number of halogens is 1. The zero-order chi connectivity index (χ0) is 26.1. The molecule has 2 aromatic heterocycles. The third kappa shape index (κ3) is 7.11. The van der Waals surface area contributed by atoms with Gasteiger partial charge in [-0.2, -0.15) is 5.26 Å². The molecule has 6 nitrogen and oxygen atoms in total. The predicted octanol–water partition coefficient (Wildman–Crippen LogP) is 6.04. The van der Waals surface area contributed by atoms with Crippen molar-refractivity contribution in [3.8, 4) is 15.8 Å². The van der Waals surface area contributed by atoms with E-state index in [2.05, 4.69) is 56.4 Å². The Morgan fingerprint density at radius 1 is 1.06 bits per heavy atom. The van der Waals surface area contributed by atoms with Crippen LogP contribution in [0.3, 0.4) is 0 Å². The quantitative estimate of drug-likeness (QED) is 0.127. The molecule has 0 bridgehead atoms. The van der Waals surface area contributed by atoms with E-state index in [-0.39, 0.29) is 16.9 Å². The van der Waals surface area contributed by atoms with Crippen molar-refractivity contribution in [3.05, 3.63) is 33.7 Å². The summed E-state index contributed by atoms with van der Waals surface area (Å²) >= 11 is 9.09. The SMILES string of the molecule is CN(C)c1cc2c(s1)-c1sc(/C=C(\C#N)C(=O)NCCOCCOCCCCCCCl)cc1C2(C)C. The Bertz CT molecular complexity index is 1100. The first kappa shape index (κ1) is 28.7. The molecule has 1 amide bonds. The van der Waals surface area contributed by atoms with Gasteiger partial charge in [-0.1, -0.05) is 26.7 Å². The molecule has 2 aromatic rings. The Kier molecular flexibility index (Phi) is 10.8. The zero-order valence-corrected chi connectivity index (χ0v) is 24.0. The van der Waals surface area contributed by atoms with Crippen LogP contribution < -0.4 is 10.2 Å². The van der Waals surface area contributed by atoms with Crippen molar-refractivity contribution in [1.82, 2.24) is 5.32 Å². The lowest BCUT2D eigenvalue weighted by Gasteiger charge is -2.19. The maximum atomic E-state index is 12.6. The molecule has 0 spiro atoms. The normalized spacial score (nSPS) is 13.8. The summed E-state index contributed by atoms with van der Waals surface area (Å²) in [4.78, 5) is 18.1. The predicted molar refractivity (Wildman–Crippen MR) is 152 cm³/mol. The fraction of sp³-hybridized carbons (Fsp3) is 0.556. The van der Waals surface area contributed by atoms with Crippen LogP contribution in [0.4, 0.5) is 5.00 Å². The Hall–Kier alpha value is -1.89. The lowest BCUT2D eigenvalue weighted by Crippen LogP contribution is -2.28. The van der Waals surface area contributed by atoms with E-state index in [1.807, 2.05) is 0 Å². The smallest absolute Gasteiger partial charge is 0.262 e. The molecule has 9 heteroatoms. The second kappa shape index (κ2) is 13.6. The highest BCUT2D eigenvalue weighted by Crippen LogP contribution is 2.56. The molecule has 0 unspecified atom stereocenters. The van der Waals surface area contributed by atoms with Gasteiger partial charge in [0.15, 0.2) is 0 Å². The van der Waals surface area contributed by atoms with Crippen LogP contribution in [-0.4, -0.2) is 58.9 Å². The molecule has 0 atom stereocenters. The van der Waals surface area contributed by atoms with E-state index < -0.39 is 0 Å². The summed E-state index contributed by atoms with van der Waals surface area (Å²) in [6, 6.07) is 6.44. The number of carbonyl (C=O) groups excluding carboxylic acids is 1. The lowest BCUT2D eigenvalue weighted by atomic mass is 9.84. The van der Waals surface area contributed by atoms with Crippen molar-refractivity contribution >= 4 is 51.3 Å². The fourth-order valence-electron chi connectivity index (χ4n) is 4.09. The molecule has 36 heavy (non-hydrogen) atoms. The van der Waals surface area contributed by atoms with Crippen molar-refractivity contribution in [3.63, 3.8) is 0 Å². The Balaban J connectivity index is 1.46. The maximum Gasteiger partial charge on any atom is 0.262 e. The number of thiophene rings is 2. The number of anilines is 1. The highest BCUT2D eigenvalue weighted by atomic mass is 35.5. The molecule has 0 saturated heterocycles. The van der Waals surface area contributed by atoms with E-state index >= 15 is 0 Å². The van der Waals surface area contributed by atoms with Crippen LogP contribution >= 0.6 is 34.3 Å². The third-order valence-corrected chi connectivity index (χ3v) is 9.01. The molecule has 1 N–H and O–H groups in total. The second-order valence-corrected chi connectivity index (χ2v) is 12.0. The molecular weight excluding hydrogens is 514 g/mol. The number of amides is 1. The topological polar surface area (TPSA) is 74.6 Å². The fourth-order valence-corrected chi connectivity index (χ4v) is 6.94. The van der Waals surface area contributed by atoms with E-state index in [0.29, 0.717) is 26.4 Å². The summed E-state index contributed by atoms with van der Waals surface area (Å²) in [5, 5.41) is 13.6. The first-order chi connectivity index (χ1) is 17.3. The number of ether oxygens (including phenoxy) is 2. The minimum atomic E-state index is -0.381. The lowest BCUT2D eigenvalue weighted by molar-refractivity contribution is -0.117. The van der Waals surface area contributed by atoms with Gasteiger partial charge >= 0.3 is 0 Å². The molecule has 0 radical (unpaired) electrons. The van der Waals surface area contributed by atoms with Crippen molar-refractivity contribution in [2.24, 2.45) is 0 Å². The standard InChI is InChI=1S/C27H36ClN3O3S2/c1-27(2)21-16-20(35-24(21)25-22(27)17-23(36-25)31(3)4)15-19(18-29)26(32)30-10-12-34-14-13-33-11-8-6-5-7-9-28/h15-17H,5-14H2,1-4H3,(H,30,32)/b19-15+. The van der Waals surface area contributed by atoms with E-state index in [4.69, 9.17) is 21.1 Å². The summed E-state index contributed by atoms with van der Waals surface area (Å²) in [5.74, 6) is 0.341. The Morgan fingerprint density at radius 2 is 1.72 bits per heavy atom. The monoisotopic (exact) mass is 549 g/mol. The van der Waals surface area contributed by atoms with Gasteiger partial charge in [-0.3, -0.25) is 4.79 Å². The molecule has 0 fully saturated rings. The highest BCUT2D eigenvalue weighted by molar-refractivity contribution is 7.25. The number of carbonyl (C=O) groups is 1. The van der Waals surface area contributed by atoms with E-state index in [1.54, 1.807) is 28.7 Å². The van der Waals surface area contributed by atoms with Crippen LogP contribution in [-0.2, 0) is 19.7 Å². The van der Waals surface area contributed by atoms with Crippen molar-refractivity contribution in [1.29, 1.82) is 5.26 Å². The van der Waals surface area contributed by atoms with Crippen LogP contribution in [0.1, 0.15) is 55.5 Å². The molecule has 196 valence electrons. The van der Waals surface area contributed by atoms with Crippen molar-refractivity contribution in [2.75, 3.05) is 57.8 Å². The number of unbranched alkanes of at least 4 members (excludes halogenated alkanes) is 3. The van der Waals surface area contributed by atoms with Gasteiger partial charge in [0.25, 0.3) is 5.91 Å². The average molecular weight is 550 g/mol. The first-order valence-electron chi connectivity index (χ1n) is 12.4. The summed E-state index contributed by atoms with van der Waals surface area (Å²) in [6.45, 7) is 6.93. The summed E-state index contributed by atoms with van der Waals surface area (Å²) < 4.78 is 11.1. The number of nitrogens with zero attached hydrogens (tertiary/aromatic N) is 2. The minimum Gasteiger partial charge on any atom is -0.379 e. The van der Waals surface area contributed by atoms with Gasteiger partial charge in [0.05, 0.1) is 29.7 Å². The Morgan fingerprint density at radius 3 is 2.42 bits per heavy atom. The van der Waals surface area contributed by atoms with E-state index in [9.17, 15) is 10.1 Å². The molecule has 3 rings (SSSR count). The van der Waals surface area contributed by atoms with E-state index in [0.717, 1.165) is 43.0 Å². The van der Waals surface area contributed by atoms with Crippen molar-refractivity contribution in [2.45, 2.75) is 44.9 Å². The second-order valence-electron chi connectivity index (χ2n) is 9.49. The molecule has 0 saturated carbocycles. The third-order valence-electron chi connectivity index (χ3n) is 6.19. The average Bonchev–Trinajstić information content (AvgIpc) is 3.52. The van der Waals surface area contributed by atoms with Gasteiger partial charge in [0, 0.05) is 48.3 Å². The molecule has 0 aliphatic heterocycles. The van der Waals surface area contributed by atoms with Crippen LogP contribution in [0.25, 0.3) is 15.8 Å². The van der Waals surface area contributed by atoms with Crippen LogP contribution in [0.2, 0.25) is 0 Å². The van der Waals surface area contributed by atoms with Gasteiger partial charge < -0.3 is 19.7 Å². The van der Waals surface area contributed by atoms with Gasteiger partial charge in [0.1, 0.15) is 11.6 Å². The number of rotatable bonds is 15. The Labute approximate surface area is 227 Å². The largest absolute Gasteiger partial charge is 0.379 e. The molecule has 1 aliphatic carbocycles. The van der Waals surface area contributed by atoms with Gasteiger partial charge in [-0.25, -0.2) is 0 Å². The number of alkyl halides is 1. The van der Waals surface area contributed by atoms with Gasteiger partial charge in [-0.15, -0.1) is 34.3 Å². The maximum absolute atomic E-state index is 12.6. The minimum absolute atomic E-state index is 0.0988. The zero-order valence-electron chi connectivity index (χ0n) is 21.6. The van der Waals surface area contributed by atoms with E-state index in [1.165, 1.54) is 25.9 Å². The summed E-state index contributed by atoms with van der Waals surface area (Å²) in [7, 11) is 4.11. The summed E-state index contributed by atoms with van der Waals surface area (Å²) in [5.41, 5.74) is 2.61. The van der Waals surface area contributed by atoms with Crippen LogP contribution in [0.15, 0.2) is 17.7 Å². The molecular formula is C27H36ClN3O3S2. The number of nitriles is 1. The van der Waals surface area contributed by atoms with Gasteiger partial charge in [-0.05, 0) is 42.2 Å². The van der Waals surface area contributed by atoms with Gasteiger partial charge in [0.2, 0.25) is 0 Å². The number of hydrogen-bond acceptors (Lipinski definition) is 7. The number of fused-ring (bicyclic) bond motifs is 3. The first-order valence-corrected chi connectivity index (χ1v) is 14.5. The van der Waals surface area contributed by atoms with Crippen molar-refractivity contribution < 1.29 is 14.3 Å². The van der Waals surface area contributed by atoms with Crippen LogP contribution in [0.5, 0.6) is 0 Å². The van der Waals surface area contributed by atoms with Crippen LogP contribution in [0, 0.1) is 11.3 Å². The number of nitrogens with one attached hydrogen (secondary N) is 1. The summed E-state index contributed by atoms with van der Waals surface area (Å²) in [6.07, 6.45) is 6.05.